The van der Waals surface area contributed by atoms with E-state index in [1.54, 1.807) is 0 Å². The monoisotopic (exact) mass is 321 g/mol. The van der Waals surface area contributed by atoms with Gasteiger partial charge < -0.3 is 5.32 Å². The number of piperazine rings is 1. The second-order valence-electron chi connectivity index (χ2n) is 6.55. The molecule has 0 spiro atoms. The van der Waals surface area contributed by atoms with Crippen LogP contribution in [0.25, 0.3) is 5.65 Å². The van der Waals surface area contributed by atoms with Crippen molar-refractivity contribution in [3.8, 4) is 0 Å². The molecule has 24 heavy (non-hydrogen) atoms. The number of nitrogens with zero attached hydrogens (tertiary/aromatic N) is 4. The molecular formula is C19H23N5. The predicted octanol–water partition coefficient (Wildman–Crippen LogP) is 2.49. The summed E-state index contributed by atoms with van der Waals surface area (Å²) in [6, 6.07) is 13.2. The van der Waals surface area contributed by atoms with Crippen LogP contribution in [0.5, 0.6) is 0 Å². The third kappa shape index (κ3) is 2.81. The Morgan fingerprint density at radius 1 is 1.21 bits per heavy atom. The lowest BCUT2D eigenvalue weighted by atomic mass is 10.0. The number of aromatic nitrogens is 3. The van der Waals surface area contributed by atoms with Gasteiger partial charge in [0.15, 0.2) is 5.65 Å². The summed E-state index contributed by atoms with van der Waals surface area (Å²) in [5.41, 5.74) is 5.72. The van der Waals surface area contributed by atoms with Crippen molar-refractivity contribution >= 4 is 5.65 Å². The number of fused-ring (bicyclic) bond motifs is 1. The molecule has 0 bridgehead atoms. The zero-order valence-corrected chi connectivity index (χ0v) is 14.2. The van der Waals surface area contributed by atoms with Crippen LogP contribution in [0.15, 0.2) is 42.6 Å². The van der Waals surface area contributed by atoms with Crippen LogP contribution < -0.4 is 5.32 Å². The van der Waals surface area contributed by atoms with Crippen LogP contribution in [0.4, 0.5) is 0 Å². The topological polar surface area (TPSA) is 45.5 Å². The summed E-state index contributed by atoms with van der Waals surface area (Å²) in [6.07, 6.45) is 1.97. The van der Waals surface area contributed by atoms with Crippen molar-refractivity contribution in [2.24, 2.45) is 0 Å². The van der Waals surface area contributed by atoms with Crippen LogP contribution in [-0.2, 0) is 6.54 Å². The van der Waals surface area contributed by atoms with Gasteiger partial charge in [-0.15, -0.1) is 0 Å². The fraction of sp³-hybridized carbons (Fsp3) is 0.368. The zero-order valence-electron chi connectivity index (χ0n) is 14.2. The molecule has 1 fully saturated rings. The summed E-state index contributed by atoms with van der Waals surface area (Å²) < 4.78 is 1.95. The molecule has 124 valence electrons. The number of rotatable bonds is 3. The number of nitrogens with one attached hydrogen (secondary N) is 1. The molecule has 0 amide bonds. The van der Waals surface area contributed by atoms with Crippen LogP contribution >= 0.6 is 0 Å². The molecule has 0 aliphatic carbocycles. The lowest BCUT2D eigenvalue weighted by Gasteiger charge is -2.36. The fourth-order valence-electron chi connectivity index (χ4n) is 3.59. The van der Waals surface area contributed by atoms with Crippen LogP contribution in [0.2, 0.25) is 0 Å². The highest BCUT2D eigenvalue weighted by Crippen LogP contribution is 2.25. The lowest BCUT2D eigenvalue weighted by Crippen LogP contribution is -2.45. The first kappa shape index (κ1) is 15.3. The van der Waals surface area contributed by atoms with E-state index in [0.717, 1.165) is 43.2 Å². The highest BCUT2D eigenvalue weighted by Gasteiger charge is 2.24. The van der Waals surface area contributed by atoms with E-state index in [-0.39, 0.29) is 0 Å². The Hall–Kier alpha value is -2.24. The van der Waals surface area contributed by atoms with Crippen molar-refractivity contribution in [1.82, 2.24) is 24.8 Å². The summed E-state index contributed by atoms with van der Waals surface area (Å²) in [5.74, 6) is 0. The molecule has 1 atom stereocenters. The first-order valence-electron chi connectivity index (χ1n) is 8.53. The van der Waals surface area contributed by atoms with Gasteiger partial charge in [0, 0.05) is 49.2 Å². The zero-order chi connectivity index (χ0) is 16.5. The average Bonchev–Trinajstić information content (AvgIpc) is 2.99. The molecule has 1 aliphatic rings. The Morgan fingerprint density at radius 2 is 2.04 bits per heavy atom. The molecule has 5 heteroatoms. The van der Waals surface area contributed by atoms with Gasteiger partial charge in [0.05, 0.1) is 6.20 Å². The second kappa shape index (κ2) is 6.34. The van der Waals surface area contributed by atoms with E-state index in [0.29, 0.717) is 6.04 Å². The molecule has 0 saturated carbocycles. The Labute approximate surface area is 142 Å². The smallest absolute Gasteiger partial charge is 0.159 e. The van der Waals surface area contributed by atoms with Gasteiger partial charge in [0.1, 0.15) is 0 Å². The Kier molecular flexibility index (Phi) is 4.04. The van der Waals surface area contributed by atoms with Gasteiger partial charge in [-0.1, -0.05) is 30.3 Å². The molecule has 1 aliphatic heterocycles. The van der Waals surface area contributed by atoms with Crippen molar-refractivity contribution in [1.29, 1.82) is 0 Å². The molecule has 3 heterocycles. The van der Waals surface area contributed by atoms with Crippen molar-refractivity contribution in [2.45, 2.75) is 26.4 Å². The van der Waals surface area contributed by atoms with E-state index in [1.165, 1.54) is 11.1 Å². The summed E-state index contributed by atoms with van der Waals surface area (Å²) in [5, 5.41) is 8.05. The largest absolute Gasteiger partial charge is 0.314 e. The predicted molar refractivity (Wildman–Crippen MR) is 94.9 cm³/mol. The van der Waals surface area contributed by atoms with Gasteiger partial charge in [-0.25, -0.2) is 9.50 Å². The molecule has 1 saturated heterocycles. The minimum atomic E-state index is 0.390. The fourth-order valence-corrected chi connectivity index (χ4v) is 3.59. The van der Waals surface area contributed by atoms with Gasteiger partial charge in [-0.3, -0.25) is 4.90 Å². The standard InChI is InChI=1S/C19H23N5/c1-14-10-15(2)24-19(22-14)17(11-21-24)13-23-9-8-20-12-18(23)16-6-4-3-5-7-16/h3-7,10-11,18,20H,8-9,12-13H2,1-2H3/t18-/m0/s1. The maximum Gasteiger partial charge on any atom is 0.159 e. The number of benzene rings is 1. The lowest BCUT2D eigenvalue weighted by molar-refractivity contribution is 0.154. The molecule has 1 aromatic carbocycles. The van der Waals surface area contributed by atoms with Gasteiger partial charge in [0.2, 0.25) is 0 Å². The first-order valence-corrected chi connectivity index (χ1v) is 8.53. The summed E-state index contributed by atoms with van der Waals surface area (Å²) in [7, 11) is 0. The van der Waals surface area contributed by atoms with Crippen LogP contribution in [0.1, 0.15) is 28.6 Å². The van der Waals surface area contributed by atoms with E-state index < -0.39 is 0 Å². The second-order valence-corrected chi connectivity index (χ2v) is 6.55. The van der Waals surface area contributed by atoms with Crippen molar-refractivity contribution < 1.29 is 0 Å². The van der Waals surface area contributed by atoms with E-state index in [1.807, 2.05) is 17.6 Å². The molecule has 1 N–H and O–H groups in total. The SMILES string of the molecule is Cc1cc(C)n2ncc(CN3CCNC[C@H]3c3ccccc3)c2n1. The third-order valence-corrected chi connectivity index (χ3v) is 4.76. The highest BCUT2D eigenvalue weighted by atomic mass is 15.3. The number of hydrogen-bond acceptors (Lipinski definition) is 4. The maximum atomic E-state index is 4.72. The number of aryl methyl sites for hydroxylation is 2. The molecule has 5 nitrogen and oxygen atoms in total. The van der Waals surface area contributed by atoms with Gasteiger partial charge in [-0.2, -0.15) is 5.10 Å². The molecule has 0 radical (unpaired) electrons. The average molecular weight is 321 g/mol. The van der Waals surface area contributed by atoms with Crippen LogP contribution in [0, 0.1) is 13.8 Å². The van der Waals surface area contributed by atoms with Gasteiger partial charge >= 0.3 is 0 Å². The van der Waals surface area contributed by atoms with E-state index in [2.05, 4.69) is 58.6 Å². The number of hydrogen-bond donors (Lipinski definition) is 1. The van der Waals surface area contributed by atoms with Crippen LogP contribution in [-0.4, -0.2) is 39.1 Å². The maximum absolute atomic E-state index is 4.72. The Balaban J connectivity index is 1.66. The van der Waals surface area contributed by atoms with E-state index >= 15 is 0 Å². The minimum Gasteiger partial charge on any atom is -0.314 e. The van der Waals surface area contributed by atoms with Crippen molar-refractivity contribution in [3.63, 3.8) is 0 Å². The van der Waals surface area contributed by atoms with E-state index in [4.69, 9.17) is 4.98 Å². The Bertz CT molecular complexity index is 840. The van der Waals surface area contributed by atoms with Gasteiger partial charge in [0.25, 0.3) is 0 Å². The normalized spacial score (nSPS) is 19.0. The molecule has 2 aromatic heterocycles. The molecular weight excluding hydrogens is 298 g/mol. The first-order chi connectivity index (χ1) is 11.7. The van der Waals surface area contributed by atoms with Crippen LogP contribution in [0.3, 0.4) is 0 Å². The molecule has 4 rings (SSSR count). The van der Waals surface area contributed by atoms with Gasteiger partial charge in [-0.05, 0) is 25.5 Å². The Morgan fingerprint density at radius 3 is 2.88 bits per heavy atom. The summed E-state index contributed by atoms with van der Waals surface area (Å²) >= 11 is 0. The quantitative estimate of drug-likeness (QED) is 0.805. The summed E-state index contributed by atoms with van der Waals surface area (Å²) in [6.45, 7) is 8.03. The summed E-state index contributed by atoms with van der Waals surface area (Å²) in [4.78, 5) is 7.25. The highest BCUT2D eigenvalue weighted by molar-refractivity contribution is 5.48. The van der Waals surface area contributed by atoms with E-state index in [9.17, 15) is 0 Å². The third-order valence-electron chi connectivity index (χ3n) is 4.76. The van der Waals surface area contributed by atoms with Crippen molar-refractivity contribution in [2.75, 3.05) is 19.6 Å². The molecule has 0 unspecified atom stereocenters. The minimum absolute atomic E-state index is 0.390. The van der Waals surface area contributed by atoms with Crippen molar-refractivity contribution in [3.05, 3.63) is 65.1 Å². The molecule has 3 aromatic rings.